The standard InChI is InChI=1S/C23H16ClN5O2S/c24-15-8-6-13(7-9-15)17(30)12-28-22-19(16-4-1-5-18(16)32-22)21-26-20(27-29(21)23(28)31)14-3-2-10-25-11-14/h2-3,6-11H,1,4-5,12H2. The maximum absolute atomic E-state index is 13.5. The minimum atomic E-state index is -0.377. The SMILES string of the molecule is O=C(Cn1c(=O)n2nc(-c3cccnc3)nc2c2c3c(sc21)CCC3)c1ccc(Cl)cc1. The molecule has 1 aliphatic rings. The van der Waals surface area contributed by atoms with Gasteiger partial charge in [-0.15, -0.1) is 16.4 Å². The third-order valence-electron chi connectivity index (χ3n) is 5.78. The lowest BCUT2D eigenvalue weighted by Crippen LogP contribution is -2.30. The molecular weight excluding hydrogens is 446 g/mol. The van der Waals surface area contributed by atoms with E-state index in [1.165, 1.54) is 19.5 Å². The molecule has 32 heavy (non-hydrogen) atoms. The zero-order valence-corrected chi connectivity index (χ0v) is 18.4. The Morgan fingerprint density at radius 3 is 2.78 bits per heavy atom. The van der Waals surface area contributed by atoms with Crippen molar-refractivity contribution in [3.8, 4) is 11.4 Å². The molecule has 5 aromatic rings. The van der Waals surface area contributed by atoms with Crippen molar-refractivity contribution in [2.45, 2.75) is 25.8 Å². The van der Waals surface area contributed by atoms with Crippen molar-refractivity contribution >= 4 is 44.6 Å². The number of fused-ring (bicyclic) bond motifs is 5. The molecule has 0 saturated heterocycles. The van der Waals surface area contributed by atoms with Gasteiger partial charge in [0.25, 0.3) is 0 Å². The molecule has 0 unspecified atom stereocenters. The topological polar surface area (TPSA) is 82.2 Å². The summed E-state index contributed by atoms with van der Waals surface area (Å²) in [6.07, 6.45) is 6.34. The number of aromatic nitrogens is 5. The van der Waals surface area contributed by atoms with E-state index in [1.807, 2.05) is 12.1 Å². The number of Topliss-reactive ketones (excluding diaryl/α,β-unsaturated/α-hetero) is 1. The highest BCUT2D eigenvalue weighted by Gasteiger charge is 2.26. The van der Waals surface area contributed by atoms with Crippen LogP contribution in [0, 0.1) is 0 Å². The molecule has 1 aromatic carbocycles. The van der Waals surface area contributed by atoms with Gasteiger partial charge in [-0.2, -0.15) is 4.52 Å². The molecule has 0 fully saturated rings. The second kappa shape index (κ2) is 7.36. The van der Waals surface area contributed by atoms with Crippen molar-refractivity contribution in [1.29, 1.82) is 0 Å². The first kappa shape index (κ1) is 19.3. The summed E-state index contributed by atoms with van der Waals surface area (Å²) in [5, 5.41) is 5.98. The molecule has 158 valence electrons. The van der Waals surface area contributed by atoms with Gasteiger partial charge >= 0.3 is 5.69 Å². The van der Waals surface area contributed by atoms with Crippen molar-refractivity contribution in [3.05, 3.63) is 80.3 Å². The quantitative estimate of drug-likeness (QED) is 0.375. The van der Waals surface area contributed by atoms with Gasteiger partial charge in [0, 0.05) is 33.4 Å². The van der Waals surface area contributed by atoms with E-state index in [0.717, 1.165) is 35.0 Å². The van der Waals surface area contributed by atoms with Crippen LogP contribution in [0.5, 0.6) is 0 Å². The maximum atomic E-state index is 13.5. The summed E-state index contributed by atoms with van der Waals surface area (Å²) in [6, 6.07) is 10.4. The Labute approximate surface area is 190 Å². The molecular formula is C23H16ClN5O2S. The second-order valence-electron chi connectivity index (χ2n) is 7.75. The minimum Gasteiger partial charge on any atom is -0.292 e. The van der Waals surface area contributed by atoms with E-state index >= 15 is 0 Å². The number of rotatable bonds is 4. The number of halogens is 1. The summed E-state index contributed by atoms with van der Waals surface area (Å²) in [5.74, 6) is 0.279. The van der Waals surface area contributed by atoms with Crippen molar-refractivity contribution in [2.24, 2.45) is 0 Å². The Balaban J connectivity index is 1.58. The second-order valence-corrected chi connectivity index (χ2v) is 9.27. The molecule has 6 rings (SSSR count). The van der Waals surface area contributed by atoms with Crippen LogP contribution in [0.25, 0.3) is 27.3 Å². The number of pyridine rings is 1. The number of hydrogen-bond donors (Lipinski definition) is 0. The molecule has 0 atom stereocenters. The summed E-state index contributed by atoms with van der Waals surface area (Å²) >= 11 is 7.54. The maximum Gasteiger partial charge on any atom is 0.352 e. The highest BCUT2D eigenvalue weighted by Crippen LogP contribution is 2.38. The van der Waals surface area contributed by atoms with Crippen LogP contribution in [-0.4, -0.2) is 29.9 Å². The Bertz CT molecular complexity index is 1570. The van der Waals surface area contributed by atoms with Gasteiger partial charge in [0.2, 0.25) is 0 Å². The van der Waals surface area contributed by atoms with Crippen LogP contribution >= 0.6 is 22.9 Å². The van der Waals surface area contributed by atoms with E-state index in [0.29, 0.717) is 22.1 Å². The molecule has 7 nitrogen and oxygen atoms in total. The van der Waals surface area contributed by atoms with E-state index < -0.39 is 0 Å². The van der Waals surface area contributed by atoms with E-state index in [4.69, 9.17) is 16.6 Å². The van der Waals surface area contributed by atoms with Crippen LogP contribution in [-0.2, 0) is 19.4 Å². The average Bonchev–Trinajstić information content (AvgIpc) is 3.52. The predicted octanol–water partition coefficient (Wildman–Crippen LogP) is 4.19. The smallest absolute Gasteiger partial charge is 0.292 e. The van der Waals surface area contributed by atoms with Crippen LogP contribution in [0.4, 0.5) is 0 Å². The van der Waals surface area contributed by atoms with Gasteiger partial charge in [-0.25, -0.2) is 9.78 Å². The molecule has 1 aliphatic carbocycles. The Morgan fingerprint density at radius 2 is 2.00 bits per heavy atom. The summed E-state index contributed by atoms with van der Waals surface area (Å²) in [4.78, 5) is 37.4. The molecule has 4 heterocycles. The highest BCUT2D eigenvalue weighted by molar-refractivity contribution is 7.19. The zero-order valence-electron chi connectivity index (χ0n) is 16.8. The Morgan fingerprint density at radius 1 is 1.16 bits per heavy atom. The lowest BCUT2D eigenvalue weighted by atomic mass is 10.1. The first-order valence-corrected chi connectivity index (χ1v) is 11.4. The number of nitrogens with zero attached hydrogens (tertiary/aromatic N) is 5. The third kappa shape index (κ3) is 2.98. The van der Waals surface area contributed by atoms with Crippen molar-refractivity contribution < 1.29 is 4.79 Å². The first-order valence-electron chi connectivity index (χ1n) is 10.2. The number of aryl methyl sites for hydroxylation is 2. The third-order valence-corrected chi connectivity index (χ3v) is 7.35. The van der Waals surface area contributed by atoms with Crippen LogP contribution in [0.2, 0.25) is 5.02 Å². The molecule has 0 radical (unpaired) electrons. The van der Waals surface area contributed by atoms with Crippen LogP contribution in [0.3, 0.4) is 0 Å². The first-order chi connectivity index (χ1) is 15.6. The summed E-state index contributed by atoms with van der Waals surface area (Å²) in [7, 11) is 0. The van der Waals surface area contributed by atoms with Gasteiger partial charge in [-0.1, -0.05) is 11.6 Å². The Hall–Kier alpha value is -3.36. The largest absolute Gasteiger partial charge is 0.352 e. The highest BCUT2D eigenvalue weighted by atomic mass is 35.5. The molecule has 0 N–H and O–H groups in total. The number of ketones is 1. The molecule has 0 aliphatic heterocycles. The molecule has 0 spiro atoms. The van der Waals surface area contributed by atoms with Gasteiger partial charge in [0.15, 0.2) is 17.3 Å². The van der Waals surface area contributed by atoms with Gasteiger partial charge in [-0.05, 0) is 61.2 Å². The fourth-order valence-electron chi connectivity index (χ4n) is 4.25. The van der Waals surface area contributed by atoms with Gasteiger partial charge in [0.1, 0.15) is 4.83 Å². The molecule has 4 aromatic heterocycles. The molecule has 9 heteroatoms. The molecule has 0 saturated carbocycles. The van der Waals surface area contributed by atoms with Crippen molar-refractivity contribution in [1.82, 2.24) is 24.1 Å². The fraction of sp³-hybridized carbons (Fsp3) is 0.174. The summed E-state index contributed by atoms with van der Waals surface area (Å²) in [6.45, 7) is -0.0750. The number of hydrogen-bond acceptors (Lipinski definition) is 6. The average molecular weight is 462 g/mol. The predicted molar refractivity (Wildman–Crippen MR) is 124 cm³/mol. The number of benzene rings is 1. The van der Waals surface area contributed by atoms with Crippen molar-refractivity contribution in [2.75, 3.05) is 0 Å². The van der Waals surface area contributed by atoms with E-state index in [-0.39, 0.29) is 18.0 Å². The van der Waals surface area contributed by atoms with Gasteiger partial charge in [-0.3, -0.25) is 14.3 Å². The molecule has 0 amide bonds. The normalized spacial score (nSPS) is 13.2. The van der Waals surface area contributed by atoms with E-state index in [9.17, 15) is 9.59 Å². The zero-order chi connectivity index (χ0) is 21.8. The van der Waals surface area contributed by atoms with Crippen molar-refractivity contribution in [3.63, 3.8) is 0 Å². The van der Waals surface area contributed by atoms with Crippen LogP contribution < -0.4 is 5.69 Å². The monoisotopic (exact) mass is 461 g/mol. The number of carbonyl (C=O) groups excluding carboxylic acids is 1. The van der Waals surface area contributed by atoms with Gasteiger partial charge in [0.05, 0.1) is 11.9 Å². The molecule has 0 bridgehead atoms. The number of carbonyl (C=O) groups is 1. The lowest BCUT2D eigenvalue weighted by Gasteiger charge is -2.08. The number of thiophene rings is 1. The summed E-state index contributed by atoms with van der Waals surface area (Å²) in [5.41, 5.74) is 2.62. The fourth-order valence-corrected chi connectivity index (χ4v) is 5.75. The van der Waals surface area contributed by atoms with E-state index in [2.05, 4.69) is 10.1 Å². The van der Waals surface area contributed by atoms with Crippen LogP contribution in [0.1, 0.15) is 27.2 Å². The summed E-state index contributed by atoms with van der Waals surface area (Å²) < 4.78 is 2.86. The Kier molecular flexibility index (Phi) is 4.44. The van der Waals surface area contributed by atoms with E-state index in [1.54, 1.807) is 48.0 Å². The van der Waals surface area contributed by atoms with Gasteiger partial charge < -0.3 is 0 Å². The minimum absolute atomic E-state index is 0.0750. The van der Waals surface area contributed by atoms with Crippen LogP contribution in [0.15, 0.2) is 53.6 Å². The lowest BCUT2D eigenvalue weighted by molar-refractivity contribution is 0.0972.